The normalized spacial score (nSPS) is 10.7. The van der Waals surface area contributed by atoms with Crippen molar-refractivity contribution in [2.45, 2.75) is 0 Å². The monoisotopic (exact) mass is 377 g/mol. The van der Waals surface area contributed by atoms with Crippen molar-refractivity contribution >= 4 is 33.4 Å². The first kappa shape index (κ1) is 13.2. The number of fused-ring (bicyclic) bond motifs is 1. The van der Waals surface area contributed by atoms with Gasteiger partial charge in [0.1, 0.15) is 5.75 Å². The van der Waals surface area contributed by atoms with Crippen LogP contribution < -0.4 is 9.47 Å². The van der Waals surface area contributed by atoms with Crippen LogP contribution in [0.3, 0.4) is 0 Å². The van der Waals surface area contributed by atoms with Crippen LogP contribution in [-0.4, -0.2) is 7.11 Å². The second-order valence-corrected chi connectivity index (χ2v) is 5.51. The number of benzene rings is 2. The third-order valence-corrected chi connectivity index (χ3v) is 4.34. The molecule has 0 saturated heterocycles. The van der Waals surface area contributed by atoms with Gasteiger partial charge in [-0.15, -0.1) is 0 Å². The molecule has 0 spiro atoms. The third kappa shape index (κ3) is 2.20. The molecule has 0 aliphatic rings. The highest BCUT2D eigenvalue weighted by Gasteiger charge is 2.17. The molecule has 3 nitrogen and oxygen atoms in total. The number of nitrogens with zero attached hydrogens (tertiary/aromatic N) is 1. The standard InChI is InChI=1S/C16H12INO2/c1-20-13-8-6-11(7-9-13)16-15(17)14-5-3-2-4-12(14)10-18(16)19/h2-10H,1H3. The maximum absolute atomic E-state index is 12.3. The summed E-state index contributed by atoms with van der Waals surface area (Å²) in [4.78, 5) is 0. The minimum atomic E-state index is 0.673. The van der Waals surface area contributed by atoms with Gasteiger partial charge in [0, 0.05) is 16.3 Å². The quantitative estimate of drug-likeness (QED) is 0.388. The molecule has 0 amide bonds. The van der Waals surface area contributed by atoms with Crippen molar-refractivity contribution in [2.75, 3.05) is 7.11 Å². The fraction of sp³-hybridized carbons (Fsp3) is 0.0625. The van der Waals surface area contributed by atoms with Crippen LogP contribution in [0.1, 0.15) is 0 Å². The van der Waals surface area contributed by atoms with Crippen molar-refractivity contribution in [3.8, 4) is 17.0 Å². The van der Waals surface area contributed by atoms with Crippen LogP contribution in [0.4, 0.5) is 0 Å². The molecule has 0 N–H and O–H groups in total. The first-order valence-electron chi connectivity index (χ1n) is 6.15. The van der Waals surface area contributed by atoms with Gasteiger partial charge in [-0.1, -0.05) is 18.2 Å². The Bertz CT molecular complexity index is 769. The lowest BCUT2D eigenvalue weighted by molar-refractivity contribution is -0.592. The Labute approximate surface area is 130 Å². The van der Waals surface area contributed by atoms with Crippen LogP contribution in [0.2, 0.25) is 0 Å². The van der Waals surface area contributed by atoms with E-state index in [1.54, 1.807) is 13.3 Å². The summed E-state index contributed by atoms with van der Waals surface area (Å²) in [6.45, 7) is 0. The Hall–Kier alpha value is -1.82. The molecule has 0 aliphatic carbocycles. The molecule has 100 valence electrons. The van der Waals surface area contributed by atoms with E-state index in [9.17, 15) is 5.21 Å². The first-order chi connectivity index (χ1) is 9.70. The average Bonchev–Trinajstić information content (AvgIpc) is 2.48. The lowest BCUT2D eigenvalue weighted by atomic mass is 10.1. The van der Waals surface area contributed by atoms with Crippen LogP contribution in [0, 0.1) is 8.78 Å². The van der Waals surface area contributed by atoms with Crippen LogP contribution >= 0.6 is 22.6 Å². The summed E-state index contributed by atoms with van der Waals surface area (Å²) in [5, 5.41) is 14.3. The van der Waals surface area contributed by atoms with Gasteiger partial charge in [-0.3, -0.25) is 0 Å². The second kappa shape index (κ2) is 5.28. The molecule has 0 radical (unpaired) electrons. The zero-order valence-electron chi connectivity index (χ0n) is 10.8. The molecule has 1 heterocycles. The van der Waals surface area contributed by atoms with Gasteiger partial charge in [0.15, 0.2) is 6.20 Å². The predicted molar refractivity (Wildman–Crippen MR) is 87.6 cm³/mol. The first-order valence-corrected chi connectivity index (χ1v) is 7.23. The molecule has 0 atom stereocenters. The van der Waals surface area contributed by atoms with Gasteiger partial charge in [-0.2, -0.15) is 4.73 Å². The largest absolute Gasteiger partial charge is 0.618 e. The lowest BCUT2D eigenvalue weighted by Gasteiger charge is -2.10. The van der Waals surface area contributed by atoms with E-state index >= 15 is 0 Å². The number of methoxy groups -OCH3 is 1. The Morgan fingerprint density at radius 3 is 2.45 bits per heavy atom. The number of rotatable bonds is 2. The highest BCUT2D eigenvalue weighted by atomic mass is 127. The minimum Gasteiger partial charge on any atom is -0.618 e. The summed E-state index contributed by atoms with van der Waals surface area (Å²) in [6, 6.07) is 15.4. The Kier molecular flexibility index (Phi) is 3.48. The third-order valence-electron chi connectivity index (χ3n) is 3.25. The fourth-order valence-electron chi connectivity index (χ4n) is 2.23. The molecule has 2 aromatic carbocycles. The van der Waals surface area contributed by atoms with Crippen molar-refractivity contribution in [3.05, 3.63) is 63.5 Å². The van der Waals surface area contributed by atoms with Gasteiger partial charge in [0.25, 0.3) is 0 Å². The molecular weight excluding hydrogens is 365 g/mol. The Balaban J connectivity index is 2.24. The molecule has 3 rings (SSSR count). The van der Waals surface area contributed by atoms with E-state index in [0.717, 1.165) is 30.4 Å². The average molecular weight is 377 g/mol. The highest BCUT2D eigenvalue weighted by molar-refractivity contribution is 14.1. The molecule has 4 heteroatoms. The fourth-order valence-corrected chi connectivity index (χ4v) is 3.27. The van der Waals surface area contributed by atoms with Gasteiger partial charge >= 0.3 is 0 Å². The molecule has 0 bridgehead atoms. The molecule has 3 aromatic rings. The van der Waals surface area contributed by atoms with Gasteiger partial charge < -0.3 is 9.94 Å². The summed E-state index contributed by atoms with van der Waals surface area (Å²) in [5.41, 5.74) is 1.56. The van der Waals surface area contributed by atoms with Crippen molar-refractivity contribution in [1.29, 1.82) is 0 Å². The van der Waals surface area contributed by atoms with Crippen molar-refractivity contribution < 1.29 is 9.47 Å². The van der Waals surface area contributed by atoms with Gasteiger partial charge in [0.2, 0.25) is 5.69 Å². The molecule has 0 fully saturated rings. The van der Waals surface area contributed by atoms with E-state index in [-0.39, 0.29) is 0 Å². The zero-order chi connectivity index (χ0) is 14.1. The molecule has 0 saturated carbocycles. The number of halogens is 1. The lowest BCUT2D eigenvalue weighted by Crippen LogP contribution is -2.29. The van der Waals surface area contributed by atoms with E-state index in [4.69, 9.17) is 4.74 Å². The van der Waals surface area contributed by atoms with E-state index in [2.05, 4.69) is 22.6 Å². The molecular formula is C16H12INO2. The Morgan fingerprint density at radius 2 is 1.75 bits per heavy atom. The minimum absolute atomic E-state index is 0.673. The summed E-state index contributed by atoms with van der Waals surface area (Å²) < 4.78 is 7.04. The van der Waals surface area contributed by atoms with Gasteiger partial charge in [-0.05, 0) is 52.9 Å². The SMILES string of the molecule is COc1ccc(-c2c(I)c3ccccc3c[n+]2[O-])cc1. The van der Waals surface area contributed by atoms with Crippen LogP contribution in [0.15, 0.2) is 54.7 Å². The van der Waals surface area contributed by atoms with Crippen LogP contribution in [0.5, 0.6) is 5.75 Å². The summed E-state index contributed by atoms with van der Waals surface area (Å²) >= 11 is 2.23. The Morgan fingerprint density at radius 1 is 1.05 bits per heavy atom. The summed E-state index contributed by atoms with van der Waals surface area (Å²) in [7, 11) is 1.63. The molecule has 20 heavy (non-hydrogen) atoms. The molecule has 0 unspecified atom stereocenters. The molecule has 0 aliphatic heterocycles. The van der Waals surface area contributed by atoms with E-state index < -0.39 is 0 Å². The maximum Gasteiger partial charge on any atom is 0.237 e. The smallest absolute Gasteiger partial charge is 0.237 e. The molecule has 1 aromatic heterocycles. The van der Waals surface area contributed by atoms with Crippen LogP contribution in [-0.2, 0) is 0 Å². The second-order valence-electron chi connectivity index (χ2n) is 4.43. The summed E-state index contributed by atoms with van der Waals surface area (Å²) in [6.07, 6.45) is 1.62. The number of pyridine rings is 1. The number of ether oxygens (including phenoxy) is 1. The highest BCUT2D eigenvalue weighted by Crippen LogP contribution is 2.29. The van der Waals surface area contributed by atoms with Gasteiger partial charge in [0.05, 0.1) is 10.7 Å². The zero-order valence-corrected chi connectivity index (χ0v) is 13.0. The predicted octanol–water partition coefficient (Wildman–Crippen LogP) is 3.75. The topological polar surface area (TPSA) is 36.2 Å². The van der Waals surface area contributed by atoms with E-state index in [0.29, 0.717) is 5.69 Å². The maximum atomic E-state index is 12.3. The summed E-state index contributed by atoms with van der Waals surface area (Å²) in [5.74, 6) is 0.780. The van der Waals surface area contributed by atoms with E-state index in [1.165, 1.54) is 0 Å². The van der Waals surface area contributed by atoms with Crippen LogP contribution in [0.25, 0.3) is 22.0 Å². The number of aromatic nitrogens is 1. The van der Waals surface area contributed by atoms with E-state index in [1.807, 2.05) is 48.5 Å². The number of hydrogen-bond donors (Lipinski definition) is 0. The van der Waals surface area contributed by atoms with Crippen molar-refractivity contribution in [3.63, 3.8) is 0 Å². The van der Waals surface area contributed by atoms with Crippen molar-refractivity contribution in [1.82, 2.24) is 0 Å². The number of hydrogen-bond acceptors (Lipinski definition) is 2. The van der Waals surface area contributed by atoms with Crippen molar-refractivity contribution in [2.24, 2.45) is 0 Å². The van der Waals surface area contributed by atoms with Gasteiger partial charge in [-0.25, -0.2) is 0 Å².